The standard InChI is InChI=1S/C13H18N2O5/c1-9-5-3-6-10(11(9)15(18)19)20-8-4-7-13(2,14)12(16)17/h3,5-6H,4,7-8,14H2,1-2H3,(H,16,17). The number of benzene rings is 1. The van der Waals surface area contributed by atoms with Crippen LogP contribution in [-0.4, -0.2) is 28.1 Å². The van der Waals surface area contributed by atoms with E-state index in [2.05, 4.69) is 0 Å². The van der Waals surface area contributed by atoms with Crippen molar-refractivity contribution in [2.45, 2.75) is 32.2 Å². The van der Waals surface area contributed by atoms with Crippen LogP contribution < -0.4 is 10.5 Å². The van der Waals surface area contributed by atoms with Crippen molar-refractivity contribution in [2.75, 3.05) is 6.61 Å². The number of hydrogen-bond acceptors (Lipinski definition) is 5. The first-order chi connectivity index (χ1) is 9.25. The summed E-state index contributed by atoms with van der Waals surface area (Å²) >= 11 is 0. The Bertz CT molecular complexity index is 513. The average molecular weight is 282 g/mol. The summed E-state index contributed by atoms with van der Waals surface area (Å²) in [6, 6.07) is 4.82. The Hall–Kier alpha value is -2.15. The molecule has 0 spiro atoms. The van der Waals surface area contributed by atoms with Gasteiger partial charge < -0.3 is 15.6 Å². The van der Waals surface area contributed by atoms with Gasteiger partial charge in [0.2, 0.25) is 0 Å². The molecule has 0 amide bonds. The van der Waals surface area contributed by atoms with Gasteiger partial charge in [-0.3, -0.25) is 14.9 Å². The zero-order valence-electron chi connectivity index (χ0n) is 11.5. The van der Waals surface area contributed by atoms with Gasteiger partial charge in [-0.15, -0.1) is 0 Å². The maximum atomic E-state index is 11.0. The van der Waals surface area contributed by atoms with Gasteiger partial charge in [-0.05, 0) is 32.8 Å². The zero-order valence-corrected chi connectivity index (χ0v) is 11.5. The lowest BCUT2D eigenvalue weighted by Crippen LogP contribution is -2.44. The van der Waals surface area contributed by atoms with E-state index < -0.39 is 16.4 Å². The molecule has 1 rings (SSSR count). The Labute approximate surface area is 116 Å². The Morgan fingerprint density at radius 2 is 2.20 bits per heavy atom. The molecule has 3 N–H and O–H groups in total. The molecule has 0 aliphatic rings. The van der Waals surface area contributed by atoms with Gasteiger partial charge in [0, 0.05) is 5.56 Å². The highest BCUT2D eigenvalue weighted by atomic mass is 16.6. The van der Waals surface area contributed by atoms with Crippen LogP contribution in [0.5, 0.6) is 5.75 Å². The Morgan fingerprint density at radius 1 is 1.55 bits per heavy atom. The first-order valence-corrected chi connectivity index (χ1v) is 6.15. The Balaban J connectivity index is 2.62. The van der Waals surface area contributed by atoms with Crippen LogP contribution >= 0.6 is 0 Å². The van der Waals surface area contributed by atoms with Crippen molar-refractivity contribution in [3.8, 4) is 5.75 Å². The number of nitrogens with two attached hydrogens (primary N) is 1. The van der Waals surface area contributed by atoms with E-state index in [1.165, 1.54) is 13.0 Å². The predicted octanol–water partition coefficient (Wildman–Crippen LogP) is 1.86. The molecule has 0 fully saturated rings. The molecule has 7 heteroatoms. The molecule has 1 unspecified atom stereocenters. The first kappa shape index (κ1) is 15.9. The van der Waals surface area contributed by atoms with E-state index >= 15 is 0 Å². The third-order valence-corrected chi connectivity index (χ3v) is 2.97. The van der Waals surface area contributed by atoms with Crippen molar-refractivity contribution >= 4 is 11.7 Å². The fourth-order valence-corrected chi connectivity index (χ4v) is 1.71. The van der Waals surface area contributed by atoms with E-state index in [-0.39, 0.29) is 24.5 Å². The molecule has 0 saturated carbocycles. The summed E-state index contributed by atoms with van der Waals surface area (Å²) in [6.45, 7) is 3.22. The minimum Gasteiger partial charge on any atom is -0.487 e. The summed E-state index contributed by atoms with van der Waals surface area (Å²) in [5.74, 6) is -0.900. The fourth-order valence-electron chi connectivity index (χ4n) is 1.71. The van der Waals surface area contributed by atoms with E-state index in [0.29, 0.717) is 12.0 Å². The molecule has 110 valence electrons. The molecule has 7 nitrogen and oxygen atoms in total. The van der Waals surface area contributed by atoms with Crippen LogP contribution in [0.15, 0.2) is 18.2 Å². The molecule has 20 heavy (non-hydrogen) atoms. The van der Waals surface area contributed by atoms with Crippen molar-refractivity contribution in [1.29, 1.82) is 0 Å². The molecule has 1 aromatic rings. The first-order valence-electron chi connectivity index (χ1n) is 6.15. The van der Waals surface area contributed by atoms with Gasteiger partial charge in [-0.1, -0.05) is 12.1 Å². The lowest BCUT2D eigenvalue weighted by Gasteiger charge is -2.18. The Morgan fingerprint density at radius 3 is 2.75 bits per heavy atom. The van der Waals surface area contributed by atoms with Crippen LogP contribution in [0.1, 0.15) is 25.3 Å². The summed E-state index contributed by atoms with van der Waals surface area (Å²) in [4.78, 5) is 21.3. The number of hydrogen-bond donors (Lipinski definition) is 2. The van der Waals surface area contributed by atoms with Crippen molar-refractivity contribution in [3.63, 3.8) is 0 Å². The van der Waals surface area contributed by atoms with Crippen LogP contribution in [-0.2, 0) is 4.79 Å². The number of carbonyl (C=O) groups is 1. The van der Waals surface area contributed by atoms with Gasteiger partial charge in [0.1, 0.15) is 5.54 Å². The minimum atomic E-state index is -1.32. The molecule has 0 aliphatic carbocycles. The highest BCUT2D eigenvalue weighted by Gasteiger charge is 2.27. The van der Waals surface area contributed by atoms with E-state index in [9.17, 15) is 14.9 Å². The van der Waals surface area contributed by atoms with E-state index in [1.54, 1.807) is 19.1 Å². The second-order valence-corrected chi connectivity index (χ2v) is 4.85. The lowest BCUT2D eigenvalue weighted by molar-refractivity contribution is -0.386. The summed E-state index contributed by atoms with van der Waals surface area (Å²) in [5.41, 5.74) is 4.71. The van der Waals surface area contributed by atoms with E-state index in [1.807, 2.05) is 0 Å². The minimum absolute atomic E-state index is 0.0683. The molecule has 0 aromatic heterocycles. The van der Waals surface area contributed by atoms with Crippen LogP contribution in [0.3, 0.4) is 0 Å². The Kier molecular flexibility index (Phi) is 5.04. The number of carboxylic acid groups (broad SMARTS) is 1. The summed E-state index contributed by atoms with van der Waals surface area (Å²) < 4.78 is 5.36. The van der Waals surface area contributed by atoms with Gasteiger partial charge in [0.15, 0.2) is 5.75 Å². The number of rotatable bonds is 7. The summed E-state index contributed by atoms with van der Waals surface area (Å²) in [5, 5.41) is 19.8. The predicted molar refractivity (Wildman–Crippen MR) is 72.8 cm³/mol. The third kappa shape index (κ3) is 3.92. The van der Waals surface area contributed by atoms with Gasteiger partial charge in [-0.2, -0.15) is 0 Å². The van der Waals surface area contributed by atoms with Crippen molar-refractivity contribution in [3.05, 3.63) is 33.9 Å². The molecule has 1 aromatic carbocycles. The molecule has 1 atom stereocenters. The maximum Gasteiger partial charge on any atom is 0.323 e. The van der Waals surface area contributed by atoms with Gasteiger partial charge >= 0.3 is 11.7 Å². The number of nitrogens with zero attached hydrogens (tertiary/aromatic N) is 1. The smallest absolute Gasteiger partial charge is 0.323 e. The zero-order chi connectivity index (χ0) is 15.3. The van der Waals surface area contributed by atoms with Crippen molar-refractivity contribution < 1.29 is 19.6 Å². The summed E-state index contributed by atoms with van der Waals surface area (Å²) in [6.07, 6.45) is 0.617. The van der Waals surface area contributed by atoms with Crippen LogP contribution in [0.2, 0.25) is 0 Å². The number of para-hydroxylation sites is 1. The number of nitro groups is 1. The highest BCUT2D eigenvalue weighted by Crippen LogP contribution is 2.30. The van der Waals surface area contributed by atoms with E-state index in [4.69, 9.17) is 15.6 Å². The third-order valence-electron chi connectivity index (χ3n) is 2.97. The highest BCUT2D eigenvalue weighted by molar-refractivity contribution is 5.77. The number of ether oxygens (including phenoxy) is 1. The largest absolute Gasteiger partial charge is 0.487 e. The lowest BCUT2D eigenvalue weighted by atomic mass is 9.98. The van der Waals surface area contributed by atoms with Crippen LogP contribution in [0.4, 0.5) is 5.69 Å². The number of aryl methyl sites for hydroxylation is 1. The van der Waals surface area contributed by atoms with Crippen molar-refractivity contribution in [1.82, 2.24) is 0 Å². The second-order valence-electron chi connectivity index (χ2n) is 4.85. The van der Waals surface area contributed by atoms with Gasteiger partial charge in [0.05, 0.1) is 11.5 Å². The molecule has 0 bridgehead atoms. The topological polar surface area (TPSA) is 116 Å². The fraction of sp³-hybridized carbons (Fsp3) is 0.462. The van der Waals surface area contributed by atoms with E-state index in [0.717, 1.165) is 0 Å². The number of aliphatic carboxylic acids is 1. The van der Waals surface area contributed by atoms with Crippen LogP contribution in [0, 0.1) is 17.0 Å². The molecule has 0 radical (unpaired) electrons. The van der Waals surface area contributed by atoms with Crippen LogP contribution in [0.25, 0.3) is 0 Å². The number of nitro benzene ring substituents is 1. The summed E-state index contributed by atoms with van der Waals surface area (Å²) in [7, 11) is 0. The monoisotopic (exact) mass is 282 g/mol. The normalized spacial score (nSPS) is 13.6. The maximum absolute atomic E-state index is 11.0. The second kappa shape index (κ2) is 6.33. The molecular weight excluding hydrogens is 264 g/mol. The number of carboxylic acids is 1. The SMILES string of the molecule is Cc1cccc(OCCCC(C)(N)C(=O)O)c1[N+](=O)[O-]. The molecule has 0 saturated heterocycles. The molecule has 0 aliphatic heterocycles. The molecular formula is C13H18N2O5. The molecule has 0 heterocycles. The van der Waals surface area contributed by atoms with Gasteiger partial charge in [0.25, 0.3) is 0 Å². The van der Waals surface area contributed by atoms with Crippen molar-refractivity contribution in [2.24, 2.45) is 5.73 Å². The van der Waals surface area contributed by atoms with Gasteiger partial charge in [-0.25, -0.2) is 0 Å². The average Bonchev–Trinajstić information content (AvgIpc) is 2.34. The quantitative estimate of drug-likeness (QED) is 0.448.